The molecular weight excluding hydrogens is 388 g/mol. The lowest BCUT2D eigenvalue weighted by atomic mass is 10.0. The van der Waals surface area contributed by atoms with Crippen molar-refractivity contribution in [2.45, 2.75) is 58.3 Å². The molecule has 0 bridgehead atoms. The number of ketones is 1. The van der Waals surface area contributed by atoms with E-state index in [0.717, 1.165) is 28.2 Å². The maximum atomic E-state index is 12.5. The predicted molar refractivity (Wildman–Crippen MR) is 109 cm³/mol. The van der Waals surface area contributed by atoms with Crippen LogP contribution in [0.5, 0.6) is 0 Å². The number of para-hydroxylation sites is 1. The third-order valence-corrected chi connectivity index (χ3v) is 4.57. The van der Waals surface area contributed by atoms with Crippen molar-refractivity contribution in [3.05, 3.63) is 35.5 Å². The van der Waals surface area contributed by atoms with Gasteiger partial charge in [-0.2, -0.15) is 0 Å². The normalized spacial score (nSPS) is 12.8. The number of carbonyl (C=O) groups is 3. The van der Waals surface area contributed by atoms with E-state index in [2.05, 4.69) is 15.1 Å². The van der Waals surface area contributed by atoms with Crippen molar-refractivity contribution >= 4 is 34.8 Å². The molecule has 0 aliphatic heterocycles. The minimum absolute atomic E-state index is 0.0266. The summed E-state index contributed by atoms with van der Waals surface area (Å²) in [5, 5.41) is 13.8. The van der Waals surface area contributed by atoms with E-state index in [1.54, 1.807) is 20.0 Å². The second-order valence-electron chi connectivity index (χ2n) is 7.34. The molecule has 9 heteroatoms. The number of amides is 1. The van der Waals surface area contributed by atoms with Crippen LogP contribution in [-0.4, -0.2) is 57.0 Å². The fraction of sp³-hybridized carbons (Fsp3) is 0.429. The number of rotatable bonds is 10. The highest BCUT2D eigenvalue weighted by Gasteiger charge is 2.27. The van der Waals surface area contributed by atoms with Crippen molar-refractivity contribution in [3.63, 3.8) is 0 Å². The SMILES string of the molecule is Cc1cccc2c(C[C@H](O)C(=O)N[C@@H](CCC(=O)C=[N+]=N)C(=O)OC(C)C)c[nH]c12. The fourth-order valence-electron chi connectivity index (χ4n) is 3.09. The van der Waals surface area contributed by atoms with Gasteiger partial charge in [-0.1, -0.05) is 18.2 Å². The van der Waals surface area contributed by atoms with Crippen LogP contribution in [0.15, 0.2) is 24.4 Å². The molecule has 0 aliphatic carbocycles. The monoisotopic (exact) mass is 415 g/mol. The Hall–Kier alpha value is -3.29. The van der Waals surface area contributed by atoms with Gasteiger partial charge in [-0.3, -0.25) is 9.59 Å². The number of Topliss-reactive ketones (excluding diaryl/α,β-unsaturated/α-hetero) is 1. The molecule has 30 heavy (non-hydrogen) atoms. The summed E-state index contributed by atoms with van der Waals surface area (Å²) in [5.41, 5.74) is 9.45. The van der Waals surface area contributed by atoms with Crippen molar-refractivity contribution in [1.82, 2.24) is 10.3 Å². The highest BCUT2D eigenvalue weighted by Crippen LogP contribution is 2.22. The number of aryl methyl sites for hydroxylation is 1. The zero-order valence-electron chi connectivity index (χ0n) is 17.3. The number of hydrogen-bond acceptors (Lipinski definition) is 6. The number of aliphatic hydroxyl groups is 1. The molecule has 2 aromatic rings. The number of nitrogens with zero attached hydrogens (tertiary/aromatic N) is 1. The number of nitrogens with one attached hydrogen (secondary N) is 3. The molecule has 1 aromatic heterocycles. The number of H-pyrrole nitrogens is 1. The summed E-state index contributed by atoms with van der Waals surface area (Å²) in [5.74, 6) is -1.87. The van der Waals surface area contributed by atoms with Crippen LogP contribution in [0.2, 0.25) is 0 Å². The number of aliphatic hydroxyl groups excluding tert-OH is 1. The number of benzene rings is 1. The second-order valence-corrected chi connectivity index (χ2v) is 7.34. The third-order valence-electron chi connectivity index (χ3n) is 4.57. The average molecular weight is 415 g/mol. The Bertz CT molecular complexity index is 975. The van der Waals surface area contributed by atoms with Crippen LogP contribution < -0.4 is 5.32 Å². The van der Waals surface area contributed by atoms with E-state index < -0.39 is 35.9 Å². The van der Waals surface area contributed by atoms with Gasteiger partial charge in [-0.25, -0.2) is 4.79 Å². The van der Waals surface area contributed by atoms with E-state index in [-0.39, 0.29) is 19.3 Å². The van der Waals surface area contributed by atoms with Gasteiger partial charge in [-0.05, 0) is 38.3 Å². The Kier molecular flexibility index (Phi) is 8.03. The first kappa shape index (κ1) is 23.0. The van der Waals surface area contributed by atoms with E-state index in [9.17, 15) is 19.5 Å². The summed E-state index contributed by atoms with van der Waals surface area (Å²) in [6.07, 6.45) is 0.731. The zero-order valence-corrected chi connectivity index (χ0v) is 17.3. The molecule has 1 heterocycles. The summed E-state index contributed by atoms with van der Waals surface area (Å²) in [4.78, 5) is 42.5. The first-order valence-corrected chi connectivity index (χ1v) is 9.70. The van der Waals surface area contributed by atoms with Crippen molar-refractivity contribution in [2.24, 2.45) is 0 Å². The number of hydrogen-bond donors (Lipinski definition) is 4. The first-order valence-electron chi connectivity index (χ1n) is 9.70. The number of aromatic amines is 1. The molecule has 160 valence electrons. The van der Waals surface area contributed by atoms with E-state index in [1.165, 1.54) is 0 Å². The standard InChI is InChI=1S/C21H26N4O5/c1-12(2)30-21(29)17(8-7-15(26)11-24-22)25-20(28)18(27)9-14-10-23-19-13(3)5-4-6-16(14)19/h4-6,10-12,17-18,22-23,27H,7-9H2,1-3H3/p+1/t17-,18-/m0/s1. The Morgan fingerprint density at radius 1 is 1.33 bits per heavy atom. The molecule has 9 nitrogen and oxygen atoms in total. The van der Waals surface area contributed by atoms with Crippen LogP contribution in [0.3, 0.4) is 0 Å². The average Bonchev–Trinajstić information content (AvgIpc) is 3.08. The van der Waals surface area contributed by atoms with Crippen molar-refractivity contribution in [3.8, 4) is 0 Å². The van der Waals surface area contributed by atoms with Gasteiger partial charge in [0.2, 0.25) is 11.7 Å². The lowest BCUT2D eigenvalue weighted by Crippen LogP contribution is -2.47. The molecule has 0 spiro atoms. The number of ether oxygens (including phenoxy) is 1. The maximum Gasteiger partial charge on any atom is 0.372 e. The maximum absolute atomic E-state index is 12.5. The lowest BCUT2D eigenvalue weighted by molar-refractivity contribution is -0.152. The van der Waals surface area contributed by atoms with Gasteiger partial charge in [-0.15, -0.1) is 0 Å². The molecular formula is C21H27N4O5+. The Balaban J connectivity index is 2.08. The van der Waals surface area contributed by atoms with E-state index in [1.807, 2.05) is 25.1 Å². The largest absolute Gasteiger partial charge is 0.461 e. The van der Waals surface area contributed by atoms with Gasteiger partial charge in [0.15, 0.2) is 0 Å². The Morgan fingerprint density at radius 3 is 2.73 bits per heavy atom. The molecule has 0 radical (unpaired) electrons. The molecule has 0 saturated carbocycles. The zero-order chi connectivity index (χ0) is 22.3. The Morgan fingerprint density at radius 2 is 2.07 bits per heavy atom. The lowest BCUT2D eigenvalue weighted by Gasteiger charge is -2.20. The molecule has 0 aliphatic rings. The van der Waals surface area contributed by atoms with Crippen LogP contribution in [-0.2, 0) is 25.5 Å². The smallest absolute Gasteiger partial charge is 0.372 e. The molecule has 2 rings (SSSR count). The highest BCUT2D eigenvalue weighted by molar-refractivity contribution is 6.25. The van der Waals surface area contributed by atoms with Crippen molar-refractivity contribution in [2.75, 3.05) is 0 Å². The quantitative estimate of drug-likeness (QED) is 0.201. The summed E-state index contributed by atoms with van der Waals surface area (Å²) < 4.78 is 5.14. The number of fused-ring (bicyclic) bond motifs is 1. The van der Waals surface area contributed by atoms with Gasteiger partial charge in [0.25, 0.3) is 0 Å². The van der Waals surface area contributed by atoms with Crippen LogP contribution in [0.4, 0.5) is 0 Å². The van der Waals surface area contributed by atoms with Crippen molar-refractivity contribution < 1.29 is 29.0 Å². The summed E-state index contributed by atoms with van der Waals surface area (Å²) >= 11 is 0. The van der Waals surface area contributed by atoms with Crippen LogP contribution in [0.1, 0.15) is 37.8 Å². The van der Waals surface area contributed by atoms with Crippen LogP contribution >= 0.6 is 0 Å². The fourth-order valence-corrected chi connectivity index (χ4v) is 3.09. The molecule has 1 amide bonds. The topological polar surface area (TPSA) is 146 Å². The number of esters is 1. The number of carbonyl (C=O) groups excluding carboxylic acids is 3. The second kappa shape index (κ2) is 10.5. The minimum atomic E-state index is -1.38. The Labute approximate surface area is 174 Å². The van der Waals surface area contributed by atoms with Gasteiger partial charge < -0.3 is 20.1 Å². The van der Waals surface area contributed by atoms with Gasteiger partial charge in [0.1, 0.15) is 12.1 Å². The molecule has 2 atom stereocenters. The van der Waals surface area contributed by atoms with Crippen molar-refractivity contribution in [1.29, 1.82) is 5.53 Å². The summed E-state index contributed by atoms with van der Waals surface area (Å²) in [7, 11) is 0. The minimum Gasteiger partial charge on any atom is -0.461 e. The van der Waals surface area contributed by atoms with E-state index in [0.29, 0.717) is 0 Å². The predicted octanol–water partition coefficient (Wildman–Crippen LogP) is 1.48. The van der Waals surface area contributed by atoms with Gasteiger partial charge in [0, 0.05) is 29.9 Å². The highest BCUT2D eigenvalue weighted by atomic mass is 16.5. The van der Waals surface area contributed by atoms with Crippen LogP contribution in [0.25, 0.3) is 10.9 Å². The summed E-state index contributed by atoms with van der Waals surface area (Å²) in [6, 6.07) is 4.67. The molecule has 0 unspecified atom stereocenters. The van der Waals surface area contributed by atoms with E-state index in [4.69, 9.17) is 10.3 Å². The molecule has 4 N–H and O–H groups in total. The first-order chi connectivity index (χ1) is 14.2. The van der Waals surface area contributed by atoms with E-state index >= 15 is 0 Å². The molecule has 0 fully saturated rings. The number of aromatic nitrogens is 1. The summed E-state index contributed by atoms with van der Waals surface area (Å²) in [6.45, 7) is 5.30. The van der Waals surface area contributed by atoms with Crippen LogP contribution in [0, 0.1) is 12.5 Å². The molecule has 0 saturated heterocycles. The molecule has 1 aromatic carbocycles. The third kappa shape index (κ3) is 6.10. The van der Waals surface area contributed by atoms with Gasteiger partial charge >= 0.3 is 12.2 Å². The van der Waals surface area contributed by atoms with Gasteiger partial charge in [0.05, 0.1) is 16.4 Å².